The number of anilines is 1. The van der Waals surface area contributed by atoms with Crippen molar-refractivity contribution in [1.82, 2.24) is 24.8 Å². The molecule has 3 aromatic rings. The molecule has 1 fully saturated rings. The van der Waals surface area contributed by atoms with Crippen molar-refractivity contribution >= 4 is 46.1 Å². The number of likely N-dealkylation sites (tertiary alicyclic amines) is 1. The molecule has 44 heavy (non-hydrogen) atoms. The fourth-order valence-corrected chi connectivity index (χ4v) is 5.94. The van der Waals surface area contributed by atoms with Gasteiger partial charge in [-0.25, -0.2) is 4.98 Å². The first kappa shape index (κ1) is 33.1. The molecule has 3 heterocycles. The number of methoxy groups -OCH3 is 2. The van der Waals surface area contributed by atoms with E-state index in [1.54, 1.807) is 36.0 Å². The van der Waals surface area contributed by atoms with Crippen LogP contribution in [0, 0.1) is 16.7 Å². The first-order valence-electron chi connectivity index (χ1n) is 14.3. The van der Waals surface area contributed by atoms with Gasteiger partial charge in [-0.05, 0) is 30.9 Å². The third-order valence-electron chi connectivity index (χ3n) is 7.30. The third kappa shape index (κ3) is 7.26. The largest absolute Gasteiger partial charge is 0.495 e. The van der Waals surface area contributed by atoms with Crippen LogP contribution >= 0.6 is 23.2 Å². The van der Waals surface area contributed by atoms with Crippen molar-refractivity contribution in [3.63, 3.8) is 0 Å². The van der Waals surface area contributed by atoms with Crippen molar-refractivity contribution in [3.8, 4) is 28.7 Å². The summed E-state index contributed by atoms with van der Waals surface area (Å²) < 4.78 is 12.5. The predicted molar refractivity (Wildman–Crippen MR) is 173 cm³/mol. The summed E-state index contributed by atoms with van der Waals surface area (Å²) in [5.41, 5.74) is 0.570. The van der Waals surface area contributed by atoms with E-state index in [0.29, 0.717) is 60.1 Å². The number of fused-ring (bicyclic) bond motifs is 1. The number of nitriles is 1. The number of nitrogens with zero attached hydrogens (tertiary/aromatic N) is 5. The van der Waals surface area contributed by atoms with Crippen molar-refractivity contribution in [1.29, 1.82) is 5.26 Å². The Morgan fingerprint density at radius 2 is 1.86 bits per heavy atom. The van der Waals surface area contributed by atoms with Crippen molar-refractivity contribution < 1.29 is 14.3 Å². The maximum Gasteiger partial charge on any atom is 0.261 e. The molecule has 1 aliphatic heterocycles. The third-order valence-corrected chi connectivity index (χ3v) is 8.05. The van der Waals surface area contributed by atoms with Crippen LogP contribution in [0.15, 0.2) is 34.8 Å². The number of amides is 1. The monoisotopic (exact) mass is 641 g/mol. The van der Waals surface area contributed by atoms with E-state index in [4.69, 9.17) is 32.7 Å². The maximum atomic E-state index is 14.1. The van der Waals surface area contributed by atoms with Crippen LogP contribution in [-0.4, -0.2) is 72.3 Å². The minimum absolute atomic E-state index is 0.0654. The molecule has 1 aromatic carbocycles. The summed E-state index contributed by atoms with van der Waals surface area (Å²) in [5, 5.41) is 16.4. The molecule has 1 saturated heterocycles. The van der Waals surface area contributed by atoms with Crippen LogP contribution in [-0.2, 0) is 11.3 Å². The highest BCUT2D eigenvalue weighted by atomic mass is 35.5. The van der Waals surface area contributed by atoms with Crippen LogP contribution in [0.1, 0.15) is 33.6 Å². The van der Waals surface area contributed by atoms with Gasteiger partial charge in [0.1, 0.15) is 28.8 Å². The zero-order chi connectivity index (χ0) is 32.2. The summed E-state index contributed by atoms with van der Waals surface area (Å²) in [7, 11) is 4.66. The van der Waals surface area contributed by atoms with Gasteiger partial charge in [0.15, 0.2) is 0 Å². The zero-order valence-corrected chi connectivity index (χ0v) is 27.3. The fourth-order valence-electron chi connectivity index (χ4n) is 5.24. The Bertz CT molecular complexity index is 1660. The van der Waals surface area contributed by atoms with E-state index >= 15 is 0 Å². The number of pyridine rings is 1. The summed E-state index contributed by atoms with van der Waals surface area (Å²) in [5.74, 6) is 0.674. The number of ether oxygens (including phenoxy) is 2. The van der Waals surface area contributed by atoms with Crippen molar-refractivity contribution in [2.45, 2.75) is 46.2 Å². The standard InChI is InChI=1S/C31H37Cl2N7O4/c1-31(2,3)14-19(15-34)28(41)37-20-8-11-39(17-20)9-7-10-40-27-18(16-36-30(35-4)38-27)12-21(29(40)42)24-25(32)22(43-5)13-23(44-6)26(24)33/h12-14,16,20H,7-11,17H2,1-6H3,(H,37,41)(H,35,36,38)/b19-14+. The number of nitrogens with one attached hydrogen (secondary N) is 2. The Kier molecular flexibility index (Phi) is 10.4. The lowest BCUT2D eigenvalue weighted by atomic mass is 9.93. The number of rotatable bonds is 10. The predicted octanol–water partition coefficient (Wildman–Crippen LogP) is 4.90. The number of benzene rings is 1. The Morgan fingerprint density at radius 1 is 1.18 bits per heavy atom. The van der Waals surface area contributed by atoms with Crippen molar-refractivity contribution in [3.05, 3.63) is 50.4 Å². The number of carbonyl (C=O) groups excluding carboxylic acids is 1. The molecular formula is C31H37Cl2N7O4. The molecular weight excluding hydrogens is 605 g/mol. The average molecular weight is 643 g/mol. The molecule has 11 nitrogen and oxygen atoms in total. The van der Waals surface area contributed by atoms with E-state index in [2.05, 4.69) is 25.5 Å². The summed E-state index contributed by atoms with van der Waals surface area (Å²) in [6.07, 6.45) is 4.74. The first-order valence-corrected chi connectivity index (χ1v) is 15.0. The molecule has 13 heteroatoms. The van der Waals surface area contributed by atoms with E-state index in [0.717, 1.165) is 13.0 Å². The van der Waals surface area contributed by atoms with Gasteiger partial charge in [0.05, 0.1) is 29.8 Å². The number of halogens is 2. The molecule has 0 saturated carbocycles. The van der Waals surface area contributed by atoms with Gasteiger partial charge in [-0.1, -0.05) is 50.0 Å². The normalized spacial score (nSPS) is 15.7. The van der Waals surface area contributed by atoms with Crippen LogP contribution in [0.25, 0.3) is 22.2 Å². The van der Waals surface area contributed by atoms with Gasteiger partial charge in [0.2, 0.25) is 5.95 Å². The number of hydrogen-bond donors (Lipinski definition) is 2. The molecule has 2 N–H and O–H groups in total. The molecule has 2 aromatic heterocycles. The number of allylic oxidation sites excluding steroid dienone is 1. The van der Waals surface area contributed by atoms with Gasteiger partial charge >= 0.3 is 0 Å². The molecule has 0 aliphatic carbocycles. The highest BCUT2D eigenvalue weighted by Crippen LogP contribution is 2.45. The summed E-state index contributed by atoms with van der Waals surface area (Å²) in [6, 6.07) is 5.20. The van der Waals surface area contributed by atoms with Crippen molar-refractivity contribution in [2.75, 3.05) is 46.2 Å². The fraction of sp³-hybridized carbons (Fsp3) is 0.452. The minimum atomic E-state index is -0.351. The molecule has 234 valence electrons. The molecule has 1 unspecified atom stereocenters. The number of aromatic nitrogens is 3. The Labute approximate surface area is 266 Å². The van der Waals surface area contributed by atoms with Crippen LogP contribution in [0.4, 0.5) is 5.95 Å². The van der Waals surface area contributed by atoms with E-state index < -0.39 is 0 Å². The zero-order valence-electron chi connectivity index (χ0n) is 25.8. The van der Waals surface area contributed by atoms with Gasteiger partial charge in [-0.3, -0.25) is 14.2 Å². The van der Waals surface area contributed by atoms with Gasteiger partial charge in [0, 0.05) is 55.9 Å². The smallest absolute Gasteiger partial charge is 0.261 e. The molecule has 1 atom stereocenters. The number of aryl methyl sites for hydroxylation is 1. The minimum Gasteiger partial charge on any atom is -0.495 e. The van der Waals surface area contributed by atoms with E-state index in [1.165, 1.54) is 14.2 Å². The second-order valence-electron chi connectivity index (χ2n) is 11.7. The SMILES string of the molecule is CNc1ncc2cc(-c3c(Cl)c(OC)cc(OC)c3Cl)c(=O)n(CCCN3CCC(NC(=O)/C(C#N)=C/C(C)(C)C)C3)c2n1. The lowest BCUT2D eigenvalue weighted by molar-refractivity contribution is -0.117. The second-order valence-corrected chi connectivity index (χ2v) is 12.4. The topological polar surface area (TPSA) is 134 Å². The molecule has 1 amide bonds. The second kappa shape index (κ2) is 13.8. The lowest BCUT2D eigenvalue weighted by Gasteiger charge is -2.19. The van der Waals surface area contributed by atoms with Crippen LogP contribution in [0.2, 0.25) is 10.0 Å². The van der Waals surface area contributed by atoms with Gasteiger partial charge < -0.3 is 25.0 Å². The lowest BCUT2D eigenvalue weighted by Crippen LogP contribution is -2.38. The Morgan fingerprint density at radius 3 is 2.45 bits per heavy atom. The van der Waals surface area contributed by atoms with Gasteiger partial charge in [-0.2, -0.15) is 10.2 Å². The Balaban J connectivity index is 1.58. The van der Waals surface area contributed by atoms with Gasteiger partial charge in [0.25, 0.3) is 11.5 Å². The van der Waals surface area contributed by atoms with Gasteiger partial charge in [-0.15, -0.1) is 0 Å². The maximum absolute atomic E-state index is 14.1. The molecule has 4 rings (SSSR count). The first-order chi connectivity index (χ1) is 20.9. The van der Waals surface area contributed by atoms with Crippen molar-refractivity contribution in [2.24, 2.45) is 5.41 Å². The van der Waals surface area contributed by atoms with Crippen LogP contribution in [0.5, 0.6) is 11.5 Å². The average Bonchev–Trinajstić information content (AvgIpc) is 3.43. The number of carbonyl (C=O) groups is 1. The molecule has 1 aliphatic rings. The van der Waals surface area contributed by atoms with Crippen LogP contribution in [0.3, 0.4) is 0 Å². The highest BCUT2D eigenvalue weighted by Gasteiger charge is 2.26. The molecule has 0 spiro atoms. The van der Waals surface area contributed by atoms with E-state index in [9.17, 15) is 14.9 Å². The summed E-state index contributed by atoms with van der Waals surface area (Å²) in [6.45, 7) is 8.32. The van der Waals surface area contributed by atoms with Crippen LogP contribution < -0.4 is 25.7 Å². The quantitative estimate of drug-likeness (QED) is 0.234. The summed E-state index contributed by atoms with van der Waals surface area (Å²) in [4.78, 5) is 37.9. The van der Waals surface area contributed by atoms with E-state index in [1.807, 2.05) is 26.8 Å². The Hall–Kier alpha value is -3.85. The molecule has 0 radical (unpaired) electrons. The highest BCUT2D eigenvalue weighted by molar-refractivity contribution is 6.41. The summed E-state index contributed by atoms with van der Waals surface area (Å²) >= 11 is 13.4. The van der Waals surface area contributed by atoms with E-state index in [-0.39, 0.29) is 44.1 Å². The number of hydrogen-bond acceptors (Lipinski definition) is 9. The molecule has 0 bridgehead atoms.